The highest BCUT2D eigenvalue weighted by Gasteiger charge is 2.22. The monoisotopic (exact) mass is 242 g/mol. The summed E-state index contributed by atoms with van der Waals surface area (Å²) in [5, 5.41) is 0.181. The first kappa shape index (κ1) is 11.8. The third-order valence-corrected chi connectivity index (χ3v) is 3.45. The van der Waals surface area contributed by atoms with Gasteiger partial charge in [-0.3, -0.25) is 4.90 Å². The smallest absolute Gasteiger partial charge is 0.142 e. The van der Waals surface area contributed by atoms with Crippen LogP contribution in [0.25, 0.3) is 0 Å². The fraction of sp³-hybridized carbons (Fsp3) is 0.500. The first-order valence-electron chi connectivity index (χ1n) is 5.58. The van der Waals surface area contributed by atoms with Crippen molar-refractivity contribution in [3.8, 4) is 0 Å². The molecule has 2 nitrogen and oxygen atoms in total. The molecule has 88 valence electrons. The molecule has 1 heterocycles. The second kappa shape index (κ2) is 5.13. The average molecular weight is 243 g/mol. The maximum absolute atomic E-state index is 13.3. The predicted octanol–water partition coefficient (Wildman–Crippen LogP) is 2.40. The van der Waals surface area contributed by atoms with Gasteiger partial charge in [-0.2, -0.15) is 0 Å². The van der Waals surface area contributed by atoms with Crippen molar-refractivity contribution in [1.29, 1.82) is 0 Å². The highest BCUT2D eigenvalue weighted by molar-refractivity contribution is 6.30. The number of benzene rings is 1. The number of nitrogens with two attached hydrogens (primary N) is 1. The molecule has 16 heavy (non-hydrogen) atoms. The van der Waals surface area contributed by atoms with Gasteiger partial charge in [0.15, 0.2) is 0 Å². The molecule has 0 radical (unpaired) electrons. The molecule has 1 atom stereocenters. The second-order valence-electron chi connectivity index (χ2n) is 4.25. The summed E-state index contributed by atoms with van der Waals surface area (Å²) >= 11 is 5.64. The lowest BCUT2D eigenvalue weighted by atomic mass is 10.2. The Labute approximate surface area is 100 Å². The first-order chi connectivity index (χ1) is 7.70. The van der Waals surface area contributed by atoms with E-state index in [0.717, 1.165) is 25.1 Å². The molecular weight excluding hydrogens is 227 g/mol. The quantitative estimate of drug-likeness (QED) is 0.882. The van der Waals surface area contributed by atoms with Crippen molar-refractivity contribution in [1.82, 2.24) is 4.90 Å². The Morgan fingerprint density at radius 3 is 3.00 bits per heavy atom. The minimum absolute atomic E-state index is 0.181. The fourth-order valence-electron chi connectivity index (χ4n) is 2.24. The summed E-state index contributed by atoms with van der Waals surface area (Å²) in [7, 11) is 0. The van der Waals surface area contributed by atoms with Crippen molar-refractivity contribution in [2.45, 2.75) is 25.4 Å². The summed E-state index contributed by atoms with van der Waals surface area (Å²) in [5.41, 5.74) is 6.66. The number of halogens is 2. The number of nitrogens with zero attached hydrogens (tertiary/aromatic N) is 1. The molecule has 0 aliphatic carbocycles. The maximum Gasteiger partial charge on any atom is 0.142 e. The zero-order valence-corrected chi connectivity index (χ0v) is 9.88. The summed E-state index contributed by atoms with van der Waals surface area (Å²) in [6.45, 7) is 2.48. The molecule has 4 heteroatoms. The first-order valence-corrected chi connectivity index (χ1v) is 5.96. The molecule has 0 saturated carbocycles. The van der Waals surface area contributed by atoms with Crippen molar-refractivity contribution < 1.29 is 4.39 Å². The zero-order valence-electron chi connectivity index (χ0n) is 9.13. The molecular formula is C12H16ClFN2. The van der Waals surface area contributed by atoms with Gasteiger partial charge in [0.2, 0.25) is 0 Å². The molecule has 0 aromatic heterocycles. The zero-order chi connectivity index (χ0) is 11.5. The normalized spacial score (nSPS) is 21.6. The van der Waals surface area contributed by atoms with Gasteiger partial charge in [-0.25, -0.2) is 4.39 Å². The van der Waals surface area contributed by atoms with Crippen LogP contribution in [0.3, 0.4) is 0 Å². The van der Waals surface area contributed by atoms with Crippen LogP contribution in [-0.4, -0.2) is 24.0 Å². The Morgan fingerprint density at radius 1 is 1.50 bits per heavy atom. The van der Waals surface area contributed by atoms with E-state index >= 15 is 0 Å². The van der Waals surface area contributed by atoms with Crippen molar-refractivity contribution in [2.75, 3.05) is 13.1 Å². The van der Waals surface area contributed by atoms with E-state index in [4.69, 9.17) is 17.3 Å². The van der Waals surface area contributed by atoms with E-state index in [2.05, 4.69) is 4.90 Å². The van der Waals surface area contributed by atoms with Crippen LogP contribution in [0.1, 0.15) is 18.4 Å². The minimum atomic E-state index is -0.345. The molecule has 0 amide bonds. The Kier molecular flexibility index (Phi) is 3.79. The number of hydrogen-bond acceptors (Lipinski definition) is 2. The Balaban J connectivity index is 2.05. The maximum atomic E-state index is 13.3. The molecule has 1 aromatic rings. The van der Waals surface area contributed by atoms with E-state index in [1.165, 1.54) is 12.5 Å². The fourth-order valence-corrected chi connectivity index (χ4v) is 2.36. The van der Waals surface area contributed by atoms with E-state index in [-0.39, 0.29) is 10.8 Å². The van der Waals surface area contributed by atoms with Crippen LogP contribution >= 0.6 is 11.6 Å². The van der Waals surface area contributed by atoms with Crippen molar-refractivity contribution in [2.24, 2.45) is 5.73 Å². The third-order valence-electron chi connectivity index (χ3n) is 3.14. The van der Waals surface area contributed by atoms with E-state index in [1.807, 2.05) is 6.07 Å². The van der Waals surface area contributed by atoms with Gasteiger partial charge in [-0.05, 0) is 37.1 Å². The van der Waals surface area contributed by atoms with E-state index in [9.17, 15) is 4.39 Å². The van der Waals surface area contributed by atoms with E-state index < -0.39 is 0 Å². The summed E-state index contributed by atoms with van der Waals surface area (Å²) in [6, 6.07) is 5.43. The Bertz CT molecular complexity index is 370. The van der Waals surface area contributed by atoms with Crippen molar-refractivity contribution in [3.05, 3.63) is 34.6 Å². The lowest BCUT2D eigenvalue weighted by Gasteiger charge is -2.23. The predicted molar refractivity (Wildman–Crippen MR) is 63.9 cm³/mol. The lowest BCUT2D eigenvalue weighted by Crippen LogP contribution is -2.34. The largest absolute Gasteiger partial charge is 0.329 e. The van der Waals surface area contributed by atoms with E-state index in [1.54, 1.807) is 6.07 Å². The Hall–Kier alpha value is -0.640. The SMILES string of the molecule is NCC1CCCN1Cc1ccc(Cl)c(F)c1. The molecule has 1 aromatic carbocycles. The van der Waals surface area contributed by atoms with Crippen LogP contribution in [-0.2, 0) is 6.54 Å². The van der Waals surface area contributed by atoms with Crippen LogP contribution in [0.15, 0.2) is 18.2 Å². The Morgan fingerprint density at radius 2 is 2.31 bits per heavy atom. The molecule has 1 saturated heterocycles. The summed E-state index contributed by atoms with van der Waals surface area (Å²) in [4.78, 5) is 2.31. The molecule has 1 aliphatic rings. The highest BCUT2D eigenvalue weighted by Crippen LogP contribution is 2.21. The summed E-state index contributed by atoms with van der Waals surface area (Å²) in [5.74, 6) is -0.345. The summed E-state index contributed by atoms with van der Waals surface area (Å²) in [6.07, 6.45) is 2.32. The molecule has 2 N–H and O–H groups in total. The number of rotatable bonds is 3. The van der Waals surface area contributed by atoms with Gasteiger partial charge in [-0.1, -0.05) is 17.7 Å². The van der Waals surface area contributed by atoms with Crippen molar-refractivity contribution in [3.63, 3.8) is 0 Å². The lowest BCUT2D eigenvalue weighted by molar-refractivity contribution is 0.250. The van der Waals surface area contributed by atoms with Gasteiger partial charge in [0, 0.05) is 19.1 Å². The molecule has 2 rings (SSSR count). The molecule has 1 fully saturated rings. The van der Waals surface area contributed by atoms with Gasteiger partial charge in [0.1, 0.15) is 5.82 Å². The molecule has 1 unspecified atom stereocenters. The number of likely N-dealkylation sites (tertiary alicyclic amines) is 1. The van der Waals surface area contributed by atoms with Gasteiger partial charge < -0.3 is 5.73 Å². The highest BCUT2D eigenvalue weighted by atomic mass is 35.5. The average Bonchev–Trinajstić information content (AvgIpc) is 2.71. The topological polar surface area (TPSA) is 29.3 Å². The minimum Gasteiger partial charge on any atom is -0.329 e. The van der Waals surface area contributed by atoms with Gasteiger partial charge in [0.25, 0.3) is 0 Å². The number of hydrogen-bond donors (Lipinski definition) is 1. The molecule has 0 bridgehead atoms. The molecule has 0 spiro atoms. The van der Waals surface area contributed by atoms with Gasteiger partial charge in [-0.15, -0.1) is 0 Å². The van der Waals surface area contributed by atoms with Crippen molar-refractivity contribution >= 4 is 11.6 Å². The van der Waals surface area contributed by atoms with Crippen LogP contribution < -0.4 is 5.73 Å². The van der Waals surface area contributed by atoms with Gasteiger partial charge in [0.05, 0.1) is 5.02 Å². The van der Waals surface area contributed by atoms with Crippen LogP contribution in [0.5, 0.6) is 0 Å². The van der Waals surface area contributed by atoms with Crippen LogP contribution in [0.4, 0.5) is 4.39 Å². The van der Waals surface area contributed by atoms with Gasteiger partial charge >= 0.3 is 0 Å². The standard InChI is InChI=1S/C12H16ClFN2/c13-11-4-3-9(6-12(11)14)8-16-5-1-2-10(16)7-15/h3-4,6,10H,1-2,5,7-8,15H2. The van der Waals surface area contributed by atoms with E-state index in [0.29, 0.717) is 12.6 Å². The third kappa shape index (κ3) is 2.54. The summed E-state index contributed by atoms with van der Waals surface area (Å²) < 4.78 is 13.3. The molecule has 1 aliphatic heterocycles. The second-order valence-corrected chi connectivity index (χ2v) is 4.66. The van der Waals surface area contributed by atoms with Crippen LogP contribution in [0.2, 0.25) is 5.02 Å². The van der Waals surface area contributed by atoms with Crippen LogP contribution in [0, 0.1) is 5.82 Å².